The molecule has 0 fully saturated rings. The van der Waals surface area contributed by atoms with Crippen LogP contribution in [0.2, 0.25) is 0 Å². The number of rotatable bonds is 2. The molecule has 118 valence electrons. The van der Waals surface area contributed by atoms with Crippen molar-refractivity contribution in [3.63, 3.8) is 0 Å². The van der Waals surface area contributed by atoms with E-state index in [2.05, 4.69) is 50.2 Å². The number of pyridine rings is 1. The molecule has 0 spiro atoms. The van der Waals surface area contributed by atoms with E-state index < -0.39 is 0 Å². The first-order valence-electron chi connectivity index (χ1n) is 8.00. The molecule has 0 radical (unpaired) electrons. The number of hydrogen-bond acceptors (Lipinski definition) is 3. The highest BCUT2D eigenvalue weighted by atomic mass is 16.5. The van der Waals surface area contributed by atoms with Gasteiger partial charge < -0.3 is 9.30 Å². The molecule has 0 saturated carbocycles. The Hall–Kier alpha value is -3.08. The van der Waals surface area contributed by atoms with Gasteiger partial charge in [0.2, 0.25) is 0 Å². The van der Waals surface area contributed by atoms with Gasteiger partial charge in [-0.05, 0) is 29.3 Å². The van der Waals surface area contributed by atoms with Crippen LogP contribution in [0.25, 0.3) is 33.3 Å². The van der Waals surface area contributed by atoms with Gasteiger partial charge in [0.25, 0.3) is 0 Å². The van der Waals surface area contributed by atoms with Gasteiger partial charge in [-0.3, -0.25) is 5.10 Å². The van der Waals surface area contributed by atoms with Gasteiger partial charge in [-0.2, -0.15) is 5.10 Å². The fraction of sp³-hybridized carbons (Fsp3) is 0.158. The Morgan fingerprint density at radius 2 is 2.08 bits per heavy atom. The number of nitrogens with zero attached hydrogens (tertiary/aromatic N) is 3. The molecule has 3 aromatic heterocycles. The zero-order valence-corrected chi connectivity index (χ0v) is 13.3. The lowest BCUT2D eigenvalue weighted by atomic mass is 10.0. The number of H-pyrrole nitrogens is 1. The van der Waals surface area contributed by atoms with E-state index in [4.69, 9.17) is 4.74 Å². The van der Waals surface area contributed by atoms with Crippen LogP contribution in [-0.4, -0.2) is 26.4 Å². The summed E-state index contributed by atoms with van der Waals surface area (Å²) in [6, 6.07) is 8.59. The van der Waals surface area contributed by atoms with Crippen LogP contribution in [0.3, 0.4) is 0 Å². The quantitative estimate of drug-likeness (QED) is 0.615. The molecule has 1 N–H and O–H groups in total. The zero-order valence-electron chi connectivity index (χ0n) is 13.3. The van der Waals surface area contributed by atoms with E-state index in [9.17, 15) is 0 Å². The van der Waals surface area contributed by atoms with E-state index >= 15 is 0 Å². The minimum absolute atomic E-state index is 0.777. The highest BCUT2D eigenvalue weighted by molar-refractivity contribution is 5.96. The van der Waals surface area contributed by atoms with E-state index in [0.29, 0.717) is 0 Å². The maximum absolute atomic E-state index is 5.60. The van der Waals surface area contributed by atoms with Gasteiger partial charge in [0.05, 0.1) is 12.8 Å². The molecule has 0 saturated heterocycles. The first-order chi connectivity index (χ1) is 11.8. The van der Waals surface area contributed by atoms with Crippen LogP contribution in [0.5, 0.6) is 5.75 Å². The summed E-state index contributed by atoms with van der Waals surface area (Å²) in [6.45, 7) is 0.777. The average molecular weight is 316 g/mol. The van der Waals surface area contributed by atoms with Crippen molar-refractivity contribution in [2.45, 2.75) is 6.42 Å². The summed E-state index contributed by atoms with van der Waals surface area (Å²) in [5, 5.41) is 8.08. The second-order valence-corrected chi connectivity index (χ2v) is 6.16. The number of fused-ring (bicyclic) bond motifs is 2. The number of aryl methyl sites for hydroxylation is 1. The number of ether oxygens (including phenoxy) is 1. The standard InChI is InChI=1S/C19H16N4O/c1-23-11-17(15-9-21-22-10-15)16-7-14(8-20-19(16)23)12-2-3-18-13(6-12)4-5-24-18/h2-3,6-11H,4-5H2,1H3,(H,21,22). The Bertz CT molecular complexity index is 1050. The van der Waals surface area contributed by atoms with Crippen LogP contribution in [0.4, 0.5) is 0 Å². The smallest absolute Gasteiger partial charge is 0.140 e. The molecule has 0 unspecified atom stereocenters. The lowest BCUT2D eigenvalue weighted by molar-refractivity contribution is 0.357. The van der Waals surface area contributed by atoms with E-state index in [0.717, 1.165) is 46.5 Å². The third-order valence-electron chi connectivity index (χ3n) is 4.65. The Balaban J connectivity index is 1.69. The summed E-state index contributed by atoms with van der Waals surface area (Å²) in [4.78, 5) is 4.68. The summed E-state index contributed by atoms with van der Waals surface area (Å²) in [6.07, 6.45) is 8.77. The predicted molar refractivity (Wildman–Crippen MR) is 92.9 cm³/mol. The Morgan fingerprint density at radius 1 is 1.12 bits per heavy atom. The summed E-state index contributed by atoms with van der Waals surface area (Å²) in [5.41, 5.74) is 6.75. The minimum atomic E-state index is 0.777. The van der Waals surface area contributed by atoms with Crippen molar-refractivity contribution < 1.29 is 4.74 Å². The monoisotopic (exact) mass is 316 g/mol. The fourth-order valence-corrected chi connectivity index (χ4v) is 3.41. The van der Waals surface area contributed by atoms with Crippen molar-refractivity contribution in [1.82, 2.24) is 19.7 Å². The molecule has 1 aromatic carbocycles. The number of nitrogens with one attached hydrogen (secondary N) is 1. The van der Waals surface area contributed by atoms with Crippen molar-refractivity contribution in [2.75, 3.05) is 6.61 Å². The fourth-order valence-electron chi connectivity index (χ4n) is 3.41. The molecule has 0 aliphatic carbocycles. The van der Waals surface area contributed by atoms with Crippen LogP contribution < -0.4 is 4.74 Å². The molecule has 5 nitrogen and oxygen atoms in total. The molecule has 24 heavy (non-hydrogen) atoms. The van der Waals surface area contributed by atoms with Crippen LogP contribution >= 0.6 is 0 Å². The second kappa shape index (κ2) is 4.96. The van der Waals surface area contributed by atoms with Gasteiger partial charge in [-0.15, -0.1) is 0 Å². The highest BCUT2D eigenvalue weighted by Gasteiger charge is 2.15. The third kappa shape index (κ3) is 1.94. The van der Waals surface area contributed by atoms with Crippen molar-refractivity contribution >= 4 is 11.0 Å². The van der Waals surface area contributed by atoms with E-state index in [1.165, 1.54) is 11.1 Å². The molecule has 0 bridgehead atoms. The van der Waals surface area contributed by atoms with Gasteiger partial charge in [-0.1, -0.05) is 6.07 Å². The summed E-state index contributed by atoms with van der Waals surface area (Å²) in [5.74, 6) is 1.01. The Kier molecular flexibility index (Phi) is 2.76. The molecule has 1 aliphatic heterocycles. The number of aromatic nitrogens is 4. The van der Waals surface area contributed by atoms with E-state index in [1.807, 2.05) is 25.6 Å². The zero-order chi connectivity index (χ0) is 16.1. The average Bonchev–Trinajstić information content (AvgIpc) is 3.34. The molecule has 5 heteroatoms. The van der Waals surface area contributed by atoms with E-state index in [1.54, 1.807) is 0 Å². The summed E-state index contributed by atoms with van der Waals surface area (Å²) < 4.78 is 7.66. The van der Waals surface area contributed by atoms with Gasteiger partial charge in [-0.25, -0.2) is 4.98 Å². The van der Waals surface area contributed by atoms with Crippen molar-refractivity contribution in [3.8, 4) is 28.0 Å². The van der Waals surface area contributed by atoms with Crippen molar-refractivity contribution in [2.24, 2.45) is 7.05 Å². The van der Waals surface area contributed by atoms with Gasteiger partial charge in [0.15, 0.2) is 0 Å². The number of benzene rings is 1. The topological polar surface area (TPSA) is 55.7 Å². The number of aromatic amines is 1. The number of hydrogen-bond donors (Lipinski definition) is 1. The lowest BCUT2D eigenvalue weighted by Gasteiger charge is -2.05. The molecule has 5 rings (SSSR count). The molecule has 0 amide bonds. The van der Waals surface area contributed by atoms with Gasteiger partial charge in [0.1, 0.15) is 11.4 Å². The molecular weight excluding hydrogens is 300 g/mol. The minimum Gasteiger partial charge on any atom is -0.493 e. The SMILES string of the molecule is Cn1cc(-c2cn[nH]c2)c2cc(-c3ccc4c(c3)CCO4)cnc21. The second-order valence-electron chi connectivity index (χ2n) is 6.16. The molecule has 1 aliphatic rings. The Morgan fingerprint density at radius 3 is 2.96 bits per heavy atom. The first-order valence-corrected chi connectivity index (χ1v) is 8.00. The molecule has 4 aromatic rings. The predicted octanol–water partition coefficient (Wildman–Crippen LogP) is 3.57. The third-order valence-corrected chi connectivity index (χ3v) is 4.65. The first kappa shape index (κ1) is 13.4. The van der Waals surface area contributed by atoms with Gasteiger partial charge in [0, 0.05) is 54.1 Å². The molecular formula is C19H16N4O. The molecule has 4 heterocycles. The summed E-state index contributed by atoms with van der Waals surface area (Å²) >= 11 is 0. The summed E-state index contributed by atoms with van der Waals surface area (Å²) in [7, 11) is 2.02. The van der Waals surface area contributed by atoms with Crippen LogP contribution in [0.15, 0.2) is 49.1 Å². The molecule has 0 atom stereocenters. The van der Waals surface area contributed by atoms with Crippen molar-refractivity contribution in [1.29, 1.82) is 0 Å². The van der Waals surface area contributed by atoms with E-state index in [-0.39, 0.29) is 0 Å². The Labute approximate surface area is 138 Å². The van der Waals surface area contributed by atoms with Crippen LogP contribution in [0, 0.1) is 0 Å². The van der Waals surface area contributed by atoms with Crippen LogP contribution in [0.1, 0.15) is 5.56 Å². The normalized spacial score (nSPS) is 13.2. The van der Waals surface area contributed by atoms with Crippen molar-refractivity contribution in [3.05, 3.63) is 54.6 Å². The van der Waals surface area contributed by atoms with Gasteiger partial charge >= 0.3 is 0 Å². The maximum Gasteiger partial charge on any atom is 0.140 e. The highest BCUT2D eigenvalue weighted by Crippen LogP contribution is 2.34. The maximum atomic E-state index is 5.60. The largest absolute Gasteiger partial charge is 0.493 e. The van der Waals surface area contributed by atoms with Crippen LogP contribution in [-0.2, 0) is 13.5 Å². The lowest BCUT2D eigenvalue weighted by Crippen LogP contribution is -1.88.